The zero-order valence-corrected chi connectivity index (χ0v) is 8.55. The van der Waals surface area contributed by atoms with Crippen molar-refractivity contribution in [3.63, 3.8) is 0 Å². The van der Waals surface area contributed by atoms with Gasteiger partial charge in [-0.1, -0.05) is 39.5 Å². The summed E-state index contributed by atoms with van der Waals surface area (Å²) in [6, 6.07) is 0. The molecule has 0 heterocycles. The molecule has 2 fully saturated rings. The molecule has 2 aliphatic rings. The van der Waals surface area contributed by atoms with Gasteiger partial charge in [0.05, 0.1) is 0 Å². The van der Waals surface area contributed by atoms with E-state index < -0.39 is 0 Å². The van der Waals surface area contributed by atoms with E-state index in [0.717, 1.165) is 23.7 Å². The minimum atomic E-state index is 1.00. The molecule has 70 valence electrons. The molecule has 0 spiro atoms. The van der Waals surface area contributed by atoms with Gasteiger partial charge in [-0.2, -0.15) is 0 Å². The number of hydrogen-bond donors (Lipinski definition) is 0. The van der Waals surface area contributed by atoms with E-state index in [2.05, 4.69) is 13.8 Å². The van der Waals surface area contributed by atoms with Crippen LogP contribution >= 0.6 is 0 Å². The summed E-state index contributed by atoms with van der Waals surface area (Å²) in [7, 11) is 0. The lowest BCUT2D eigenvalue weighted by molar-refractivity contribution is 0.0942. The molecule has 4 atom stereocenters. The predicted octanol–water partition coefficient (Wildman–Crippen LogP) is 3.86. The molecule has 2 aliphatic carbocycles. The van der Waals surface area contributed by atoms with E-state index in [9.17, 15) is 0 Å². The molecule has 2 rings (SSSR count). The van der Waals surface area contributed by atoms with Crippen molar-refractivity contribution >= 4 is 0 Å². The highest BCUT2D eigenvalue weighted by atomic mass is 14.4. The average Bonchev–Trinajstić information content (AvgIpc) is 2.07. The van der Waals surface area contributed by atoms with Gasteiger partial charge in [0.15, 0.2) is 0 Å². The molecule has 0 aliphatic heterocycles. The molecule has 0 amide bonds. The quantitative estimate of drug-likeness (QED) is 0.512. The maximum absolute atomic E-state index is 2.45. The summed E-state index contributed by atoms with van der Waals surface area (Å²) in [5.41, 5.74) is 0. The van der Waals surface area contributed by atoms with Crippen LogP contribution in [0.4, 0.5) is 0 Å². The number of hydrogen-bond acceptors (Lipinski definition) is 0. The summed E-state index contributed by atoms with van der Waals surface area (Å²) in [4.78, 5) is 0. The first kappa shape index (κ1) is 8.59. The Morgan fingerprint density at radius 2 is 1.17 bits per heavy atom. The minimum Gasteiger partial charge on any atom is -0.0622 e. The third-order valence-electron chi connectivity index (χ3n) is 4.39. The molecular weight excluding hydrogens is 144 g/mol. The normalized spacial score (nSPS) is 48.5. The Kier molecular flexibility index (Phi) is 2.43. The van der Waals surface area contributed by atoms with Crippen molar-refractivity contribution in [1.82, 2.24) is 0 Å². The summed E-state index contributed by atoms with van der Waals surface area (Å²) >= 11 is 0. The van der Waals surface area contributed by atoms with Crippen LogP contribution in [0.25, 0.3) is 0 Å². The smallest absolute Gasteiger partial charge is 0.0383 e. The maximum Gasteiger partial charge on any atom is -0.0383 e. The molecular formula is C12H22. The van der Waals surface area contributed by atoms with Crippen molar-refractivity contribution in [2.24, 2.45) is 23.7 Å². The van der Waals surface area contributed by atoms with Crippen molar-refractivity contribution in [3.8, 4) is 0 Å². The largest absolute Gasteiger partial charge is 0.0622 e. The lowest BCUT2D eigenvalue weighted by Crippen LogP contribution is -2.31. The Hall–Kier alpha value is 0. The van der Waals surface area contributed by atoms with E-state index in [1.807, 2.05) is 0 Å². The van der Waals surface area contributed by atoms with Crippen LogP contribution in [0.1, 0.15) is 52.4 Å². The fraction of sp³-hybridized carbons (Fsp3) is 1.00. The molecule has 2 saturated carbocycles. The molecule has 0 aromatic heterocycles. The standard InChI is InChI=1S/C12H22/c1-9-7-11-5-3-4-6-12(11)8-10(9)2/h9-12H,3-8H2,1-2H3/t9-,10+,11-,12-/m1/s1. The lowest BCUT2D eigenvalue weighted by Gasteiger charge is -2.41. The zero-order valence-electron chi connectivity index (χ0n) is 8.55. The molecule has 0 aromatic carbocycles. The van der Waals surface area contributed by atoms with E-state index in [4.69, 9.17) is 0 Å². The van der Waals surface area contributed by atoms with Crippen LogP contribution in [0.5, 0.6) is 0 Å². The second-order valence-electron chi connectivity index (χ2n) is 5.23. The third kappa shape index (κ3) is 1.53. The summed E-state index contributed by atoms with van der Waals surface area (Å²) in [6.45, 7) is 4.91. The van der Waals surface area contributed by atoms with Crippen LogP contribution < -0.4 is 0 Å². The minimum absolute atomic E-state index is 1.00. The van der Waals surface area contributed by atoms with E-state index in [-0.39, 0.29) is 0 Å². The molecule has 0 aromatic rings. The van der Waals surface area contributed by atoms with Crippen molar-refractivity contribution < 1.29 is 0 Å². The molecule has 0 heteroatoms. The Morgan fingerprint density at radius 3 is 1.58 bits per heavy atom. The Bertz CT molecular complexity index is 132. The van der Waals surface area contributed by atoms with Gasteiger partial charge in [-0.15, -0.1) is 0 Å². The predicted molar refractivity (Wildman–Crippen MR) is 53.0 cm³/mol. The van der Waals surface area contributed by atoms with Gasteiger partial charge in [-0.3, -0.25) is 0 Å². The maximum atomic E-state index is 2.45. The highest BCUT2D eigenvalue weighted by molar-refractivity contribution is 4.84. The molecule has 0 nitrogen and oxygen atoms in total. The Labute approximate surface area is 76.7 Å². The van der Waals surface area contributed by atoms with Gasteiger partial charge in [0.2, 0.25) is 0 Å². The number of fused-ring (bicyclic) bond motifs is 1. The van der Waals surface area contributed by atoms with Crippen molar-refractivity contribution in [2.45, 2.75) is 52.4 Å². The highest BCUT2D eigenvalue weighted by Gasteiger charge is 2.33. The Balaban J connectivity index is 1.98. The SMILES string of the molecule is C[C@@H]1C[C@H]2CCCC[C@@H]2C[C@@H]1C. The summed E-state index contributed by atoms with van der Waals surface area (Å²) < 4.78 is 0. The summed E-state index contributed by atoms with van der Waals surface area (Å²) in [5, 5.41) is 0. The van der Waals surface area contributed by atoms with Gasteiger partial charge in [0.25, 0.3) is 0 Å². The summed E-state index contributed by atoms with van der Waals surface area (Å²) in [6.07, 6.45) is 9.19. The van der Waals surface area contributed by atoms with Crippen LogP contribution in [-0.4, -0.2) is 0 Å². The zero-order chi connectivity index (χ0) is 8.55. The Morgan fingerprint density at radius 1 is 0.750 bits per heavy atom. The van der Waals surface area contributed by atoms with Gasteiger partial charge in [-0.05, 0) is 36.5 Å². The van der Waals surface area contributed by atoms with Gasteiger partial charge in [-0.25, -0.2) is 0 Å². The van der Waals surface area contributed by atoms with E-state index in [0.29, 0.717) is 0 Å². The third-order valence-corrected chi connectivity index (χ3v) is 4.39. The highest BCUT2D eigenvalue weighted by Crippen LogP contribution is 2.44. The average molecular weight is 166 g/mol. The molecule has 12 heavy (non-hydrogen) atoms. The number of rotatable bonds is 0. The van der Waals surface area contributed by atoms with Gasteiger partial charge in [0.1, 0.15) is 0 Å². The lowest BCUT2D eigenvalue weighted by atomic mass is 9.64. The van der Waals surface area contributed by atoms with Crippen LogP contribution in [-0.2, 0) is 0 Å². The first-order valence-corrected chi connectivity index (χ1v) is 5.77. The second kappa shape index (κ2) is 3.40. The molecule has 0 N–H and O–H groups in total. The van der Waals surface area contributed by atoms with Crippen LogP contribution in [0.15, 0.2) is 0 Å². The fourth-order valence-corrected chi connectivity index (χ4v) is 3.32. The van der Waals surface area contributed by atoms with Gasteiger partial charge >= 0.3 is 0 Å². The van der Waals surface area contributed by atoms with E-state index >= 15 is 0 Å². The molecule has 0 bridgehead atoms. The van der Waals surface area contributed by atoms with Crippen molar-refractivity contribution in [2.75, 3.05) is 0 Å². The molecule has 0 unspecified atom stereocenters. The molecule has 0 saturated heterocycles. The van der Waals surface area contributed by atoms with Crippen LogP contribution in [0.3, 0.4) is 0 Å². The van der Waals surface area contributed by atoms with Crippen LogP contribution in [0, 0.1) is 23.7 Å². The first-order valence-electron chi connectivity index (χ1n) is 5.77. The topological polar surface area (TPSA) is 0 Å². The van der Waals surface area contributed by atoms with Crippen molar-refractivity contribution in [1.29, 1.82) is 0 Å². The van der Waals surface area contributed by atoms with Crippen LogP contribution in [0.2, 0.25) is 0 Å². The monoisotopic (exact) mass is 166 g/mol. The second-order valence-corrected chi connectivity index (χ2v) is 5.23. The van der Waals surface area contributed by atoms with E-state index in [1.54, 1.807) is 12.8 Å². The summed E-state index contributed by atoms with van der Waals surface area (Å²) in [5.74, 6) is 4.24. The van der Waals surface area contributed by atoms with Gasteiger partial charge in [0, 0.05) is 0 Å². The van der Waals surface area contributed by atoms with Crippen molar-refractivity contribution in [3.05, 3.63) is 0 Å². The first-order chi connectivity index (χ1) is 5.77. The van der Waals surface area contributed by atoms with E-state index in [1.165, 1.54) is 25.7 Å². The molecule has 0 radical (unpaired) electrons. The van der Waals surface area contributed by atoms with Gasteiger partial charge < -0.3 is 0 Å². The fourth-order valence-electron chi connectivity index (χ4n) is 3.32.